The molecule has 3 rings (SSSR count). The lowest BCUT2D eigenvalue weighted by molar-refractivity contribution is -0.129. The van der Waals surface area contributed by atoms with Crippen LogP contribution in [-0.4, -0.2) is 46.1 Å². The van der Waals surface area contributed by atoms with Gasteiger partial charge in [-0.1, -0.05) is 0 Å². The van der Waals surface area contributed by atoms with Gasteiger partial charge >= 0.3 is 0 Å². The second-order valence-corrected chi connectivity index (χ2v) is 6.26. The Labute approximate surface area is 152 Å². The Morgan fingerprint density at radius 2 is 1.88 bits per heavy atom. The van der Waals surface area contributed by atoms with Crippen LogP contribution in [-0.2, 0) is 17.6 Å². The molecule has 1 aliphatic rings. The highest BCUT2D eigenvalue weighted by Gasteiger charge is 2.27. The number of likely N-dealkylation sites (N-methyl/N-ethyl adjacent to an activating group) is 1. The molecule has 0 spiro atoms. The fourth-order valence-electron chi connectivity index (χ4n) is 3.34. The summed E-state index contributed by atoms with van der Waals surface area (Å²) in [6.07, 6.45) is 2.56. The molecule has 1 aromatic carbocycles. The smallest absolute Gasteiger partial charge is 0.272 e. The Hall–Kier alpha value is -2.70. The number of aromatic nitrogens is 2. The largest absolute Gasteiger partial charge is 0.342 e. The molecule has 1 heterocycles. The Balaban J connectivity index is 1.80. The number of hydrogen-bond acceptors (Lipinski definition) is 3. The normalized spacial score (nSPS) is 12.7. The van der Waals surface area contributed by atoms with Crippen LogP contribution in [0.5, 0.6) is 0 Å². The van der Waals surface area contributed by atoms with Gasteiger partial charge in [0.25, 0.3) is 5.91 Å². The number of benzene rings is 1. The van der Waals surface area contributed by atoms with E-state index in [2.05, 4.69) is 10.4 Å². The topological polar surface area (TPSA) is 67.2 Å². The van der Waals surface area contributed by atoms with Gasteiger partial charge in [-0.3, -0.25) is 9.59 Å². The molecule has 0 atom stereocenters. The van der Waals surface area contributed by atoms with Crippen LogP contribution in [0.3, 0.4) is 0 Å². The lowest BCUT2D eigenvalue weighted by Gasteiger charge is -2.18. The Bertz CT molecular complexity index is 810. The van der Waals surface area contributed by atoms with Crippen molar-refractivity contribution in [2.24, 2.45) is 0 Å². The quantitative estimate of drug-likeness (QED) is 0.860. The highest BCUT2D eigenvalue weighted by atomic mass is 19.1. The predicted molar refractivity (Wildman–Crippen MR) is 95.8 cm³/mol. The molecule has 0 radical (unpaired) electrons. The average molecular weight is 358 g/mol. The van der Waals surface area contributed by atoms with Crippen LogP contribution in [0.25, 0.3) is 5.69 Å². The fourth-order valence-corrected chi connectivity index (χ4v) is 3.34. The van der Waals surface area contributed by atoms with Crippen LogP contribution in [0.15, 0.2) is 24.3 Å². The van der Waals surface area contributed by atoms with Crippen molar-refractivity contribution < 1.29 is 14.0 Å². The zero-order chi connectivity index (χ0) is 18.7. The number of nitrogens with one attached hydrogen (secondary N) is 1. The van der Waals surface area contributed by atoms with E-state index >= 15 is 0 Å². The van der Waals surface area contributed by atoms with Gasteiger partial charge in [0.05, 0.1) is 12.2 Å². The lowest BCUT2D eigenvalue weighted by atomic mass is 10.2. The van der Waals surface area contributed by atoms with Crippen LogP contribution < -0.4 is 5.32 Å². The number of carbonyl (C=O) groups is 2. The summed E-state index contributed by atoms with van der Waals surface area (Å²) in [6.45, 7) is 4.99. The summed E-state index contributed by atoms with van der Waals surface area (Å²) < 4.78 is 14.9. The summed E-state index contributed by atoms with van der Waals surface area (Å²) in [6, 6.07) is 6.04. The van der Waals surface area contributed by atoms with Gasteiger partial charge in [0.2, 0.25) is 5.91 Å². The molecule has 0 saturated carbocycles. The van der Waals surface area contributed by atoms with E-state index < -0.39 is 0 Å². The number of nitrogens with zero attached hydrogens (tertiary/aromatic N) is 3. The van der Waals surface area contributed by atoms with Gasteiger partial charge in [-0.05, 0) is 57.4 Å². The third-order valence-corrected chi connectivity index (χ3v) is 4.73. The summed E-state index contributed by atoms with van der Waals surface area (Å²) in [4.78, 5) is 26.3. The summed E-state index contributed by atoms with van der Waals surface area (Å²) in [5.41, 5.74) is 2.98. The van der Waals surface area contributed by atoms with Gasteiger partial charge in [-0.15, -0.1) is 0 Å². The maximum Gasteiger partial charge on any atom is 0.272 e. The van der Waals surface area contributed by atoms with E-state index in [0.717, 1.165) is 36.2 Å². The van der Waals surface area contributed by atoms with Crippen LogP contribution in [0.1, 0.15) is 42.0 Å². The average Bonchev–Trinajstić information content (AvgIpc) is 3.24. The second kappa shape index (κ2) is 7.68. The van der Waals surface area contributed by atoms with Gasteiger partial charge < -0.3 is 10.2 Å². The molecular weight excluding hydrogens is 335 g/mol. The third-order valence-electron chi connectivity index (χ3n) is 4.73. The van der Waals surface area contributed by atoms with Gasteiger partial charge in [-0.2, -0.15) is 5.10 Å². The first-order chi connectivity index (χ1) is 12.5. The first kappa shape index (κ1) is 18.1. The molecule has 2 amide bonds. The van der Waals surface area contributed by atoms with Crippen molar-refractivity contribution in [1.82, 2.24) is 20.0 Å². The molecule has 0 bridgehead atoms. The zero-order valence-electron chi connectivity index (χ0n) is 15.1. The van der Waals surface area contributed by atoms with Gasteiger partial charge in [0, 0.05) is 24.3 Å². The maximum absolute atomic E-state index is 13.2. The van der Waals surface area contributed by atoms with Crippen molar-refractivity contribution >= 4 is 11.8 Å². The second-order valence-electron chi connectivity index (χ2n) is 6.26. The minimum Gasteiger partial charge on any atom is -0.342 e. The molecule has 0 fully saturated rings. The van der Waals surface area contributed by atoms with Crippen LogP contribution in [0, 0.1) is 5.82 Å². The number of halogens is 1. The molecule has 1 N–H and O–H groups in total. The minimum absolute atomic E-state index is 0.0430. The van der Waals surface area contributed by atoms with E-state index in [1.54, 1.807) is 21.7 Å². The number of carbonyl (C=O) groups excluding carboxylic acids is 2. The molecule has 7 heteroatoms. The summed E-state index contributed by atoms with van der Waals surface area (Å²) >= 11 is 0. The van der Waals surface area contributed by atoms with E-state index in [4.69, 9.17) is 0 Å². The van der Waals surface area contributed by atoms with Crippen molar-refractivity contribution in [1.29, 1.82) is 0 Å². The van der Waals surface area contributed by atoms with Crippen molar-refractivity contribution in [3.8, 4) is 5.69 Å². The lowest BCUT2D eigenvalue weighted by Crippen LogP contribution is -2.40. The van der Waals surface area contributed by atoms with Crippen LogP contribution >= 0.6 is 0 Å². The van der Waals surface area contributed by atoms with E-state index in [9.17, 15) is 14.0 Å². The Kier molecular flexibility index (Phi) is 5.35. The van der Waals surface area contributed by atoms with E-state index in [-0.39, 0.29) is 24.2 Å². The molecule has 2 aromatic rings. The van der Waals surface area contributed by atoms with Crippen molar-refractivity contribution in [3.63, 3.8) is 0 Å². The van der Waals surface area contributed by atoms with E-state index in [1.807, 2.05) is 13.8 Å². The standard InChI is InChI=1S/C19H23FN4O2/c1-3-23(4-2)17(25)12-21-19(26)18-15-6-5-7-16(15)24(22-18)14-10-8-13(20)9-11-14/h8-11H,3-7,12H2,1-2H3,(H,21,26). The molecule has 1 aliphatic carbocycles. The molecule has 26 heavy (non-hydrogen) atoms. The minimum atomic E-state index is -0.343. The molecule has 0 unspecified atom stereocenters. The molecule has 0 aliphatic heterocycles. The number of amides is 2. The van der Waals surface area contributed by atoms with Gasteiger partial charge in [-0.25, -0.2) is 9.07 Å². The zero-order valence-corrected chi connectivity index (χ0v) is 15.1. The molecule has 1 aromatic heterocycles. The van der Waals surface area contributed by atoms with E-state index in [1.165, 1.54) is 12.1 Å². The number of fused-ring (bicyclic) bond motifs is 1. The first-order valence-electron chi connectivity index (χ1n) is 8.97. The fraction of sp³-hybridized carbons (Fsp3) is 0.421. The molecule has 0 saturated heterocycles. The van der Waals surface area contributed by atoms with Crippen molar-refractivity contribution in [2.75, 3.05) is 19.6 Å². The Morgan fingerprint density at radius 3 is 2.54 bits per heavy atom. The predicted octanol–water partition coefficient (Wildman–Crippen LogP) is 2.10. The van der Waals surface area contributed by atoms with Crippen LogP contribution in [0.4, 0.5) is 4.39 Å². The summed E-state index contributed by atoms with van der Waals surface area (Å²) in [5.74, 6) is -0.770. The van der Waals surface area contributed by atoms with E-state index in [0.29, 0.717) is 18.8 Å². The molecular formula is C19H23FN4O2. The van der Waals surface area contributed by atoms with Gasteiger partial charge in [0.1, 0.15) is 5.82 Å². The maximum atomic E-state index is 13.2. The first-order valence-corrected chi connectivity index (χ1v) is 8.97. The van der Waals surface area contributed by atoms with Crippen LogP contribution in [0.2, 0.25) is 0 Å². The number of rotatable bonds is 6. The highest BCUT2D eigenvalue weighted by molar-refractivity contribution is 5.96. The summed E-state index contributed by atoms with van der Waals surface area (Å²) in [7, 11) is 0. The van der Waals surface area contributed by atoms with Gasteiger partial charge in [0.15, 0.2) is 5.69 Å². The monoisotopic (exact) mass is 358 g/mol. The Morgan fingerprint density at radius 1 is 1.19 bits per heavy atom. The SMILES string of the molecule is CCN(CC)C(=O)CNC(=O)c1nn(-c2ccc(F)cc2)c2c1CCC2. The van der Waals surface area contributed by atoms with Crippen molar-refractivity contribution in [2.45, 2.75) is 33.1 Å². The summed E-state index contributed by atoms with van der Waals surface area (Å²) in [5, 5.41) is 7.14. The molecule has 6 nitrogen and oxygen atoms in total. The third kappa shape index (κ3) is 3.47. The van der Waals surface area contributed by atoms with Crippen molar-refractivity contribution in [3.05, 3.63) is 47.0 Å². The molecule has 138 valence electrons. The highest BCUT2D eigenvalue weighted by Crippen LogP contribution is 2.27. The number of hydrogen-bond donors (Lipinski definition) is 1.